The molecule has 1 heterocycles. The summed E-state index contributed by atoms with van der Waals surface area (Å²) in [5, 5.41) is 10.1. The van der Waals surface area contributed by atoms with Crippen LogP contribution in [0.3, 0.4) is 0 Å². The number of nitrogens with two attached hydrogens (primary N) is 1. The molecule has 1 aliphatic heterocycles. The Labute approximate surface area is 112 Å². The molecule has 0 aliphatic carbocycles. The molecule has 3 N–H and O–H groups in total. The standard InChI is InChI=1S/C14H31N3O/c1-5-14(18,11-15)7-6-8-17-9-12(2)13(10-17)16(3)4/h12-13,18H,5-11,15H2,1-4H3. The Morgan fingerprint density at radius 3 is 2.50 bits per heavy atom. The molecule has 1 fully saturated rings. The first kappa shape index (κ1) is 15.9. The SMILES string of the molecule is CCC(O)(CN)CCCN1CC(C)C(N(C)C)C1. The summed E-state index contributed by atoms with van der Waals surface area (Å²) in [7, 11) is 4.32. The Morgan fingerprint density at radius 2 is 2.06 bits per heavy atom. The van der Waals surface area contributed by atoms with Gasteiger partial charge in [-0.25, -0.2) is 0 Å². The van der Waals surface area contributed by atoms with E-state index in [0.717, 1.165) is 38.3 Å². The van der Waals surface area contributed by atoms with Crippen LogP contribution in [0.2, 0.25) is 0 Å². The Morgan fingerprint density at radius 1 is 1.39 bits per heavy atom. The lowest BCUT2D eigenvalue weighted by Gasteiger charge is -2.26. The summed E-state index contributed by atoms with van der Waals surface area (Å²) in [4.78, 5) is 4.84. The van der Waals surface area contributed by atoms with Crippen LogP contribution < -0.4 is 5.73 Å². The number of hydrogen-bond acceptors (Lipinski definition) is 4. The van der Waals surface area contributed by atoms with E-state index in [-0.39, 0.29) is 0 Å². The van der Waals surface area contributed by atoms with Gasteiger partial charge in [0, 0.05) is 25.7 Å². The van der Waals surface area contributed by atoms with Crippen molar-refractivity contribution in [1.82, 2.24) is 9.80 Å². The lowest BCUT2D eigenvalue weighted by atomic mass is 9.95. The molecular weight excluding hydrogens is 226 g/mol. The maximum Gasteiger partial charge on any atom is 0.0767 e. The number of likely N-dealkylation sites (N-methyl/N-ethyl adjacent to an activating group) is 1. The molecule has 0 spiro atoms. The third-order valence-corrected chi connectivity index (χ3v) is 4.47. The van der Waals surface area contributed by atoms with E-state index in [0.29, 0.717) is 12.6 Å². The molecule has 1 rings (SSSR count). The largest absolute Gasteiger partial charge is 0.389 e. The minimum Gasteiger partial charge on any atom is -0.389 e. The van der Waals surface area contributed by atoms with Crippen molar-refractivity contribution in [2.75, 3.05) is 40.3 Å². The van der Waals surface area contributed by atoms with Crippen LogP contribution in [0.1, 0.15) is 33.1 Å². The Bertz CT molecular complexity index is 241. The topological polar surface area (TPSA) is 52.7 Å². The summed E-state index contributed by atoms with van der Waals surface area (Å²) in [5.74, 6) is 0.736. The predicted molar refractivity (Wildman–Crippen MR) is 76.6 cm³/mol. The van der Waals surface area contributed by atoms with Crippen molar-refractivity contribution in [2.45, 2.75) is 44.8 Å². The van der Waals surface area contributed by atoms with Gasteiger partial charge in [-0.2, -0.15) is 0 Å². The molecule has 0 bridgehead atoms. The molecule has 0 amide bonds. The van der Waals surface area contributed by atoms with Crippen molar-refractivity contribution in [3.63, 3.8) is 0 Å². The summed E-state index contributed by atoms with van der Waals surface area (Å²) >= 11 is 0. The van der Waals surface area contributed by atoms with Gasteiger partial charge in [-0.05, 0) is 45.8 Å². The summed E-state index contributed by atoms with van der Waals surface area (Å²) in [5.41, 5.74) is 4.98. The Hall–Kier alpha value is -0.160. The van der Waals surface area contributed by atoms with Gasteiger partial charge in [0.15, 0.2) is 0 Å². The van der Waals surface area contributed by atoms with Crippen molar-refractivity contribution >= 4 is 0 Å². The number of nitrogens with zero attached hydrogens (tertiary/aromatic N) is 2. The van der Waals surface area contributed by atoms with E-state index in [1.807, 2.05) is 6.92 Å². The lowest BCUT2D eigenvalue weighted by molar-refractivity contribution is 0.0320. The molecule has 0 saturated carbocycles. The highest BCUT2D eigenvalue weighted by atomic mass is 16.3. The zero-order valence-electron chi connectivity index (χ0n) is 12.5. The number of rotatable bonds is 7. The van der Waals surface area contributed by atoms with Crippen LogP contribution in [-0.2, 0) is 0 Å². The second-order valence-electron chi connectivity index (χ2n) is 6.15. The third-order valence-electron chi connectivity index (χ3n) is 4.47. The van der Waals surface area contributed by atoms with Crippen molar-refractivity contribution < 1.29 is 5.11 Å². The minimum absolute atomic E-state index is 0.375. The maximum atomic E-state index is 10.1. The fourth-order valence-electron chi connectivity index (χ4n) is 2.96. The van der Waals surface area contributed by atoms with Gasteiger partial charge in [-0.15, -0.1) is 0 Å². The van der Waals surface area contributed by atoms with Gasteiger partial charge in [0.05, 0.1) is 5.60 Å². The molecule has 1 saturated heterocycles. The van der Waals surface area contributed by atoms with E-state index in [2.05, 4.69) is 30.8 Å². The van der Waals surface area contributed by atoms with Crippen LogP contribution in [0.5, 0.6) is 0 Å². The summed E-state index contributed by atoms with van der Waals surface area (Å²) in [6.07, 6.45) is 2.60. The summed E-state index contributed by atoms with van der Waals surface area (Å²) in [6, 6.07) is 0.671. The molecule has 3 unspecified atom stereocenters. The fraction of sp³-hybridized carbons (Fsp3) is 1.00. The van der Waals surface area contributed by atoms with Crippen molar-refractivity contribution in [2.24, 2.45) is 11.7 Å². The van der Waals surface area contributed by atoms with Crippen LogP contribution in [0.25, 0.3) is 0 Å². The van der Waals surface area contributed by atoms with Gasteiger partial charge in [-0.1, -0.05) is 13.8 Å². The van der Waals surface area contributed by atoms with E-state index >= 15 is 0 Å². The van der Waals surface area contributed by atoms with Crippen LogP contribution in [-0.4, -0.2) is 66.8 Å². The van der Waals surface area contributed by atoms with Gasteiger partial charge in [0.2, 0.25) is 0 Å². The zero-order chi connectivity index (χ0) is 13.8. The average molecular weight is 257 g/mol. The van der Waals surface area contributed by atoms with Gasteiger partial charge in [0.1, 0.15) is 0 Å². The van der Waals surface area contributed by atoms with E-state index < -0.39 is 5.60 Å². The smallest absolute Gasteiger partial charge is 0.0767 e. The predicted octanol–water partition coefficient (Wildman–Crippen LogP) is 0.748. The molecular formula is C14H31N3O. The zero-order valence-corrected chi connectivity index (χ0v) is 12.5. The second-order valence-corrected chi connectivity index (χ2v) is 6.15. The Balaban J connectivity index is 2.29. The van der Waals surface area contributed by atoms with E-state index in [4.69, 9.17) is 5.73 Å². The molecule has 108 valence electrons. The van der Waals surface area contributed by atoms with Crippen LogP contribution in [0.15, 0.2) is 0 Å². The van der Waals surface area contributed by atoms with Gasteiger partial charge < -0.3 is 20.6 Å². The second kappa shape index (κ2) is 6.85. The molecule has 4 nitrogen and oxygen atoms in total. The third kappa shape index (κ3) is 4.19. The highest BCUT2D eigenvalue weighted by Crippen LogP contribution is 2.22. The highest BCUT2D eigenvalue weighted by Gasteiger charge is 2.31. The fourth-order valence-corrected chi connectivity index (χ4v) is 2.96. The summed E-state index contributed by atoms with van der Waals surface area (Å²) < 4.78 is 0. The number of likely N-dealkylation sites (tertiary alicyclic amines) is 1. The van der Waals surface area contributed by atoms with E-state index in [1.54, 1.807) is 0 Å². The van der Waals surface area contributed by atoms with Crippen molar-refractivity contribution in [3.8, 4) is 0 Å². The first-order valence-corrected chi connectivity index (χ1v) is 7.23. The number of hydrogen-bond donors (Lipinski definition) is 2. The highest BCUT2D eigenvalue weighted by molar-refractivity contribution is 4.87. The normalized spacial score (nSPS) is 28.8. The first-order chi connectivity index (χ1) is 8.41. The summed E-state index contributed by atoms with van der Waals surface area (Å²) in [6.45, 7) is 8.12. The van der Waals surface area contributed by atoms with Crippen LogP contribution in [0, 0.1) is 5.92 Å². The minimum atomic E-state index is -0.647. The molecule has 0 aromatic rings. The van der Waals surface area contributed by atoms with Crippen molar-refractivity contribution in [3.05, 3.63) is 0 Å². The molecule has 0 aromatic carbocycles. The Kier molecular flexibility index (Phi) is 6.05. The number of aliphatic hydroxyl groups is 1. The first-order valence-electron chi connectivity index (χ1n) is 7.23. The molecule has 0 aromatic heterocycles. The van der Waals surface area contributed by atoms with Gasteiger partial charge in [0.25, 0.3) is 0 Å². The molecule has 1 aliphatic rings. The van der Waals surface area contributed by atoms with Gasteiger partial charge in [-0.3, -0.25) is 0 Å². The lowest BCUT2D eigenvalue weighted by Crippen LogP contribution is -2.38. The van der Waals surface area contributed by atoms with Crippen LogP contribution >= 0.6 is 0 Å². The molecule has 0 radical (unpaired) electrons. The van der Waals surface area contributed by atoms with Gasteiger partial charge >= 0.3 is 0 Å². The van der Waals surface area contributed by atoms with E-state index in [9.17, 15) is 5.11 Å². The molecule has 4 heteroatoms. The molecule has 18 heavy (non-hydrogen) atoms. The monoisotopic (exact) mass is 257 g/mol. The van der Waals surface area contributed by atoms with E-state index in [1.165, 1.54) is 6.54 Å². The molecule has 3 atom stereocenters. The maximum absolute atomic E-state index is 10.1. The average Bonchev–Trinajstić information content (AvgIpc) is 2.70. The van der Waals surface area contributed by atoms with Crippen molar-refractivity contribution in [1.29, 1.82) is 0 Å². The quantitative estimate of drug-likeness (QED) is 0.707. The van der Waals surface area contributed by atoms with Crippen LogP contribution in [0.4, 0.5) is 0 Å².